The Kier molecular flexibility index (Phi) is 15.9. The maximum atomic E-state index is 12.9. The highest BCUT2D eigenvalue weighted by atomic mass is 32.3. The van der Waals surface area contributed by atoms with Crippen LogP contribution in [-0.2, 0) is 143 Å². The van der Waals surface area contributed by atoms with E-state index >= 15 is 0 Å². The van der Waals surface area contributed by atoms with Crippen molar-refractivity contribution in [1.29, 1.82) is 0 Å². The Balaban J connectivity index is 0.0000000875. The van der Waals surface area contributed by atoms with Crippen LogP contribution in [0.5, 0.6) is 0 Å². The molecule has 20 saturated heterocycles. The summed E-state index contributed by atoms with van der Waals surface area (Å²) in [4.78, 5) is 0. The molecule has 4 saturated carbocycles. The van der Waals surface area contributed by atoms with Gasteiger partial charge in [0.2, 0.25) is 0 Å². The molecular weight excluding hydrogens is 1540 g/mol. The first-order chi connectivity index (χ1) is 47.0. The molecule has 16 bridgehead atoms. The predicted octanol–water partition coefficient (Wildman–Crippen LogP) is 3.69. The maximum absolute atomic E-state index is 12.9. The molecule has 35 atom stereocenters. The molecule has 24 fully saturated rings. The lowest BCUT2D eigenvalue weighted by Gasteiger charge is -2.41. The standard InChI is InChI=1S/C12H20O3S.C8H9F3O3S.C8H12O4S.4C7H10O4S.C6H8O4S/c1-7-10(3)6-9-11(7,4)12(5,8(10)2)15-16(9,13)14;9-8(10,11)7-3-4-1-5(7)6(2-4)14-15(7,12)13;1-7-3-5-8(2,12-7)6(4-7)13(9,10)11-5;1-7-2-4-6(10-7)5(3-7)12(8,9)11-4;1-7-3-4-2-5(6(7)10-4)12(8,9)11-7;1-7-5-2-4(10-7)3-6(7)12(8,9)11-5;1-3-4-2-5-7(10-4)6(3)11-12(5,8)9;7-11(8)5-2-3-1-4(10-11)6(5)9-3/h7-9H,6H2,1-5H3;4-6H,1-3H2;5-6H,3-4H2,1-2H3;3*4-6H,2-3H2,1H3;3-7H,2H2,1H3;3-6H,1-2H2. The molecule has 20 heterocycles. The van der Waals surface area contributed by atoms with E-state index in [1.54, 1.807) is 0 Å². The molecule has 4 aliphatic carbocycles. The summed E-state index contributed by atoms with van der Waals surface area (Å²) in [5, 5.41) is -2.64. The quantitative estimate of drug-likeness (QED) is 0.312. The van der Waals surface area contributed by atoms with Crippen molar-refractivity contribution in [2.45, 2.75) is 339 Å². The van der Waals surface area contributed by atoms with Crippen molar-refractivity contribution in [2.24, 2.45) is 40.4 Å². The second kappa shape index (κ2) is 22.0. The molecule has 586 valence electrons. The summed E-state index contributed by atoms with van der Waals surface area (Å²) in [6.07, 6.45) is 1.98. The van der Waals surface area contributed by atoms with Crippen molar-refractivity contribution in [2.75, 3.05) is 0 Å². The summed E-state index contributed by atoms with van der Waals surface area (Å²) in [5.41, 5.74) is -2.76. The first kappa shape index (κ1) is 74.6. The smallest absolute Gasteiger partial charge is 0.371 e. The van der Waals surface area contributed by atoms with Gasteiger partial charge in [-0.25, -0.2) is 0 Å². The lowest BCUT2D eigenvalue weighted by atomic mass is 9.66. The van der Waals surface area contributed by atoms with Crippen molar-refractivity contribution in [3.8, 4) is 0 Å². The van der Waals surface area contributed by atoms with Gasteiger partial charge in [0, 0.05) is 49.4 Å². The van der Waals surface area contributed by atoms with Crippen LogP contribution in [0.15, 0.2) is 0 Å². The van der Waals surface area contributed by atoms with Gasteiger partial charge in [0.15, 0.2) is 4.75 Å². The summed E-state index contributed by atoms with van der Waals surface area (Å²) in [6.45, 7) is 22.1. The molecule has 0 N–H and O–H groups in total. The van der Waals surface area contributed by atoms with Gasteiger partial charge in [-0.2, -0.15) is 80.5 Å². The molecule has 0 aromatic rings. The van der Waals surface area contributed by atoms with Gasteiger partial charge < -0.3 is 28.4 Å². The Labute approximate surface area is 599 Å². The van der Waals surface area contributed by atoms with E-state index in [1.165, 1.54) is 0 Å². The van der Waals surface area contributed by atoms with Crippen LogP contribution in [0.3, 0.4) is 0 Å². The van der Waals surface area contributed by atoms with E-state index < -0.39 is 137 Å². The van der Waals surface area contributed by atoms with E-state index in [0.29, 0.717) is 69.6 Å². The molecule has 103 heavy (non-hydrogen) atoms. The summed E-state index contributed by atoms with van der Waals surface area (Å²) >= 11 is 0. The summed E-state index contributed by atoms with van der Waals surface area (Å²) < 4.78 is 293. The topological polar surface area (TPSA) is 402 Å². The van der Waals surface area contributed by atoms with Crippen LogP contribution < -0.4 is 0 Å². The average Bonchev–Trinajstić information content (AvgIpc) is 1.47. The fourth-order valence-corrected chi connectivity index (χ4v) is 39.7. The summed E-state index contributed by atoms with van der Waals surface area (Å²) in [7, 11) is -27.7. The van der Waals surface area contributed by atoms with Gasteiger partial charge in [0.1, 0.15) is 103 Å². The van der Waals surface area contributed by atoms with Crippen LogP contribution in [0.4, 0.5) is 13.2 Å². The van der Waals surface area contributed by atoms with Crippen LogP contribution in [0.25, 0.3) is 0 Å². The highest BCUT2D eigenvalue weighted by molar-refractivity contribution is 7.89. The van der Waals surface area contributed by atoms with E-state index in [-0.39, 0.29) is 146 Å². The Hall–Kier alpha value is -1.17. The molecular formula is C62H89F3O30S8. The number of rotatable bonds is 0. The second-order valence-corrected chi connectivity index (χ2v) is 49.4. The number of fused-ring (bicyclic) bond motifs is 8. The fraction of sp³-hybridized carbons (Fsp3) is 1.00. The minimum atomic E-state index is -4.71. The van der Waals surface area contributed by atoms with Crippen molar-refractivity contribution in [3.63, 3.8) is 0 Å². The van der Waals surface area contributed by atoms with E-state index in [4.69, 9.17) is 57.7 Å². The lowest BCUT2D eigenvalue weighted by Crippen LogP contribution is -2.52. The first-order valence-electron chi connectivity index (χ1n) is 35.6. The van der Waals surface area contributed by atoms with Gasteiger partial charge >= 0.3 is 6.18 Å². The van der Waals surface area contributed by atoms with Gasteiger partial charge in [-0.1, -0.05) is 34.6 Å². The zero-order valence-corrected chi connectivity index (χ0v) is 64.8. The molecule has 20 aliphatic heterocycles. The second-order valence-electron chi connectivity index (χ2n) is 35.2. The fourth-order valence-electron chi connectivity index (χ4n) is 24.0. The van der Waals surface area contributed by atoms with Gasteiger partial charge in [-0.05, 0) is 129 Å². The minimum absolute atomic E-state index is 0.109. The molecule has 0 aromatic carbocycles. The zero-order chi connectivity index (χ0) is 74.5. The Bertz CT molecular complexity index is 4570. The van der Waals surface area contributed by atoms with Crippen LogP contribution in [0.1, 0.15) is 172 Å². The average molecular weight is 1630 g/mol. The number of hydrogen-bond donors (Lipinski definition) is 0. The highest BCUT2D eigenvalue weighted by Crippen LogP contribution is 2.77. The molecule has 0 spiro atoms. The molecule has 41 heteroatoms. The van der Waals surface area contributed by atoms with Gasteiger partial charge in [0.05, 0.1) is 52.6 Å². The number of halogens is 3. The number of alkyl halides is 3. The molecule has 0 aromatic heterocycles. The highest BCUT2D eigenvalue weighted by Gasteiger charge is 2.83. The SMILES string of the molecule is CC12CC3CC(C1O3)S(=O)(=O)O2.CC12CC3OS(=O)(=O)C(C1)C3(C)O2.CC12CC3OS(=O)(=O)C(C1)C3O2.CC12OC3CC1OS(=O)(=O)C2C3.CC1C2(C)CC3C(C)(C2C)C1(C)OS3(=O)=O.CC1C2CC3C(O2)C1OS3(=O)=O.O=S1(=O)OC2CC3CC1C2O3.O=S1(=O)OC2CC3CC2C1(C(F)(F)F)C3. The van der Waals surface area contributed by atoms with Crippen LogP contribution in [0, 0.1) is 40.4 Å². The lowest BCUT2D eigenvalue weighted by molar-refractivity contribution is -0.172. The van der Waals surface area contributed by atoms with E-state index in [1.807, 2.05) is 48.5 Å². The van der Waals surface area contributed by atoms with Crippen LogP contribution in [0.2, 0.25) is 0 Å². The Morgan fingerprint density at radius 1 is 0.398 bits per heavy atom. The van der Waals surface area contributed by atoms with Crippen molar-refractivity contribution < 1.29 is 142 Å². The third-order valence-corrected chi connectivity index (χ3v) is 44.2. The third kappa shape index (κ3) is 10.2. The molecule has 35 unspecified atom stereocenters. The molecule has 30 nitrogen and oxygen atoms in total. The van der Waals surface area contributed by atoms with Crippen molar-refractivity contribution in [1.82, 2.24) is 0 Å². The van der Waals surface area contributed by atoms with Crippen molar-refractivity contribution in [3.05, 3.63) is 0 Å². The van der Waals surface area contributed by atoms with E-state index in [9.17, 15) is 80.5 Å². The third-order valence-electron chi connectivity index (χ3n) is 29.5. The number of ether oxygens (including phenoxy) is 6. The predicted molar refractivity (Wildman–Crippen MR) is 345 cm³/mol. The first-order valence-corrected chi connectivity index (χ1v) is 47.3. The molecule has 0 radical (unpaired) electrons. The minimum Gasteiger partial charge on any atom is -0.371 e. The largest absolute Gasteiger partial charge is 0.410 e. The Morgan fingerprint density at radius 3 is 1.53 bits per heavy atom. The molecule has 0 amide bonds. The molecule has 24 aliphatic rings. The van der Waals surface area contributed by atoms with E-state index in [0.717, 1.165) is 32.1 Å². The number of hydrogen-bond acceptors (Lipinski definition) is 30. The van der Waals surface area contributed by atoms with Gasteiger partial charge in [0.25, 0.3) is 80.9 Å². The normalized spacial score (nSPS) is 59.4. The van der Waals surface area contributed by atoms with Gasteiger partial charge in [-0.3, -0.25) is 33.5 Å². The monoisotopic (exact) mass is 1630 g/mol. The summed E-state index contributed by atoms with van der Waals surface area (Å²) in [5.74, 6) is -0.0641. The molecule has 24 rings (SSSR count). The zero-order valence-electron chi connectivity index (χ0n) is 58.3. The van der Waals surface area contributed by atoms with Gasteiger partial charge in [-0.15, -0.1) is 0 Å². The van der Waals surface area contributed by atoms with Crippen LogP contribution in [-0.4, -0.2) is 234 Å². The van der Waals surface area contributed by atoms with Crippen LogP contribution >= 0.6 is 0 Å². The Morgan fingerprint density at radius 2 is 1.04 bits per heavy atom. The summed E-state index contributed by atoms with van der Waals surface area (Å²) in [6, 6.07) is 0. The maximum Gasteiger partial charge on any atom is 0.410 e. The van der Waals surface area contributed by atoms with E-state index in [2.05, 4.69) is 31.9 Å². The van der Waals surface area contributed by atoms with Crippen molar-refractivity contribution >= 4 is 80.9 Å².